The minimum absolute atomic E-state index is 0.00769. The molecule has 0 saturated carbocycles. The molecule has 0 aliphatic rings. The molecule has 0 atom stereocenters. The van der Waals surface area contributed by atoms with E-state index in [4.69, 9.17) is 14.2 Å². The normalized spacial score (nSPS) is 10.8. The number of hydrogen-bond acceptors (Lipinski definition) is 8. The molecule has 0 saturated heterocycles. The fourth-order valence-electron chi connectivity index (χ4n) is 3.57. The fourth-order valence-corrected chi connectivity index (χ4v) is 4.52. The van der Waals surface area contributed by atoms with Crippen molar-refractivity contribution in [3.05, 3.63) is 75.0 Å². The van der Waals surface area contributed by atoms with Crippen LogP contribution in [-0.4, -0.2) is 42.0 Å². The topological polar surface area (TPSA) is 109 Å². The first-order valence-electron chi connectivity index (χ1n) is 11.2. The smallest absolute Gasteiger partial charge is 0.359 e. The minimum Gasteiger partial charge on any atom is -0.493 e. The highest BCUT2D eigenvalue weighted by molar-refractivity contribution is 7.16. The Kier molecular flexibility index (Phi) is 7.35. The number of hydrogen-bond donors (Lipinski definition) is 1. The summed E-state index contributed by atoms with van der Waals surface area (Å²) in [4.78, 5) is 39.0. The highest BCUT2D eigenvalue weighted by Gasteiger charge is 2.23. The summed E-state index contributed by atoms with van der Waals surface area (Å²) in [6.07, 6.45) is 0. The average molecular weight is 508 g/mol. The van der Waals surface area contributed by atoms with Gasteiger partial charge in [-0.15, -0.1) is 11.3 Å². The number of aromatic nitrogens is 2. The second kappa shape index (κ2) is 10.6. The lowest BCUT2D eigenvalue weighted by Gasteiger charge is -2.12. The number of aryl methyl sites for hydroxylation is 2. The van der Waals surface area contributed by atoms with Crippen molar-refractivity contribution in [3.8, 4) is 17.2 Å². The molecule has 0 aliphatic carbocycles. The maximum absolute atomic E-state index is 13.5. The number of carbonyl (C=O) groups is 2. The Labute approximate surface area is 211 Å². The number of nitrogens with one attached hydrogen (secondary N) is 1. The Balaban J connectivity index is 1.73. The molecule has 10 heteroatoms. The van der Waals surface area contributed by atoms with Crippen LogP contribution in [0.4, 0.5) is 5.00 Å². The third-order valence-corrected chi connectivity index (χ3v) is 6.43. The predicted octanol–water partition coefficient (Wildman–Crippen LogP) is 4.27. The summed E-state index contributed by atoms with van der Waals surface area (Å²) in [6, 6.07) is 12.4. The van der Waals surface area contributed by atoms with Gasteiger partial charge in [-0.2, -0.15) is 9.78 Å². The zero-order valence-electron chi connectivity index (χ0n) is 20.3. The van der Waals surface area contributed by atoms with Crippen LogP contribution < -0.4 is 20.3 Å². The second-order valence-electron chi connectivity index (χ2n) is 7.90. The van der Waals surface area contributed by atoms with Gasteiger partial charge in [-0.05, 0) is 56.2 Å². The van der Waals surface area contributed by atoms with Gasteiger partial charge in [-0.25, -0.2) is 4.79 Å². The molecule has 4 rings (SSSR count). The number of anilines is 1. The molecule has 36 heavy (non-hydrogen) atoms. The van der Waals surface area contributed by atoms with Crippen LogP contribution in [0.25, 0.3) is 16.5 Å². The van der Waals surface area contributed by atoms with Gasteiger partial charge in [0.1, 0.15) is 5.00 Å². The second-order valence-corrected chi connectivity index (χ2v) is 8.78. The Hall–Kier alpha value is -4.18. The minimum atomic E-state index is -0.657. The standard InChI is InChI=1S/C26H25N3O6S/c1-5-34-26(32)23-18-14-36-24(27-21(30)13-35-20-9-7-6-8-19(20)33-4)22(18)25(31)29(28-23)17-11-10-15(2)16(3)12-17/h6-12,14H,5,13H2,1-4H3,(H,27,30). The van der Waals surface area contributed by atoms with Gasteiger partial charge in [-0.1, -0.05) is 18.2 Å². The highest BCUT2D eigenvalue weighted by Crippen LogP contribution is 2.31. The molecule has 1 amide bonds. The number of benzene rings is 2. The zero-order valence-corrected chi connectivity index (χ0v) is 21.1. The average Bonchev–Trinajstić information content (AvgIpc) is 3.29. The van der Waals surface area contributed by atoms with Gasteiger partial charge in [-0.3, -0.25) is 9.59 Å². The first kappa shape index (κ1) is 24.9. The molecule has 0 aliphatic heterocycles. The molecule has 0 bridgehead atoms. The fraction of sp³-hybridized carbons (Fsp3) is 0.231. The molecule has 2 aromatic carbocycles. The lowest BCUT2D eigenvalue weighted by Crippen LogP contribution is -2.26. The van der Waals surface area contributed by atoms with Crippen molar-refractivity contribution >= 4 is 39.0 Å². The summed E-state index contributed by atoms with van der Waals surface area (Å²) in [6.45, 7) is 5.42. The van der Waals surface area contributed by atoms with E-state index >= 15 is 0 Å². The van der Waals surface area contributed by atoms with Crippen molar-refractivity contribution in [1.29, 1.82) is 0 Å². The van der Waals surface area contributed by atoms with E-state index < -0.39 is 17.4 Å². The van der Waals surface area contributed by atoms with Crippen LogP contribution in [0.1, 0.15) is 28.5 Å². The van der Waals surface area contributed by atoms with Gasteiger partial charge in [0.25, 0.3) is 11.5 Å². The monoisotopic (exact) mass is 507 g/mol. The van der Waals surface area contributed by atoms with E-state index in [1.54, 1.807) is 42.6 Å². The lowest BCUT2D eigenvalue weighted by atomic mass is 10.1. The Morgan fingerprint density at radius 3 is 2.53 bits per heavy atom. The van der Waals surface area contributed by atoms with Gasteiger partial charge in [0, 0.05) is 10.8 Å². The number of ether oxygens (including phenoxy) is 3. The SMILES string of the molecule is CCOC(=O)c1nn(-c2ccc(C)c(C)c2)c(=O)c2c(NC(=O)COc3ccccc3OC)scc12. The maximum Gasteiger partial charge on any atom is 0.359 e. The molecule has 2 heterocycles. The summed E-state index contributed by atoms with van der Waals surface area (Å²) in [5.41, 5.74) is 2.04. The number of esters is 1. The van der Waals surface area contributed by atoms with Crippen LogP contribution in [0.15, 0.2) is 52.6 Å². The number of rotatable bonds is 8. The maximum atomic E-state index is 13.5. The van der Waals surface area contributed by atoms with Crippen molar-refractivity contribution in [2.45, 2.75) is 20.8 Å². The number of nitrogens with zero attached hydrogens (tertiary/aromatic N) is 2. The number of amides is 1. The summed E-state index contributed by atoms with van der Waals surface area (Å²) in [7, 11) is 1.51. The first-order valence-corrected chi connectivity index (χ1v) is 12.1. The van der Waals surface area contributed by atoms with Crippen LogP contribution in [0, 0.1) is 13.8 Å². The zero-order chi connectivity index (χ0) is 25.8. The number of para-hydroxylation sites is 2. The van der Waals surface area contributed by atoms with Gasteiger partial charge in [0.15, 0.2) is 23.8 Å². The first-order chi connectivity index (χ1) is 17.3. The summed E-state index contributed by atoms with van der Waals surface area (Å²) in [5, 5.41) is 9.44. The van der Waals surface area contributed by atoms with Crippen LogP contribution >= 0.6 is 11.3 Å². The van der Waals surface area contributed by atoms with Crippen molar-refractivity contribution in [1.82, 2.24) is 9.78 Å². The van der Waals surface area contributed by atoms with Crippen LogP contribution in [0.5, 0.6) is 11.5 Å². The van der Waals surface area contributed by atoms with E-state index in [0.717, 1.165) is 27.1 Å². The van der Waals surface area contributed by atoms with Crippen molar-refractivity contribution in [3.63, 3.8) is 0 Å². The number of fused-ring (bicyclic) bond motifs is 1. The number of methoxy groups -OCH3 is 1. The molecule has 2 aromatic heterocycles. The third kappa shape index (κ3) is 4.94. The molecule has 9 nitrogen and oxygen atoms in total. The molecule has 1 N–H and O–H groups in total. The summed E-state index contributed by atoms with van der Waals surface area (Å²) < 4.78 is 17.2. The molecule has 0 radical (unpaired) electrons. The summed E-state index contributed by atoms with van der Waals surface area (Å²) >= 11 is 1.12. The van der Waals surface area contributed by atoms with Crippen LogP contribution in [0.2, 0.25) is 0 Å². The Morgan fingerprint density at radius 1 is 1.08 bits per heavy atom. The molecule has 186 valence electrons. The Bertz CT molecular complexity index is 1510. The van der Waals surface area contributed by atoms with Crippen molar-refractivity contribution in [2.24, 2.45) is 0 Å². The van der Waals surface area contributed by atoms with E-state index in [9.17, 15) is 14.4 Å². The van der Waals surface area contributed by atoms with Gasteiger partial charge in [0.05, 0.1) is 24.8 Å². The lowest BCUT2D eigenvalue weighted by molar-refractivity contribution is -0.118. The van der Waals surface area contributed by atoms with Crippen molar-refractivity contribution < 1.29 is 23.8 Å². The highest BCUT2D eigenvalue weighted by atomic mass is 32.1. The quantitative estimate of drug-likeness (QED) is 0.355. The molecular weight excluding hydrogens is 482 g/mol. The van der Waals surface area contributed by atoms with Gasteiger partial charge in [0.2, 0.25) is 0 Å². The molecule has 4 aromatic rings. The predicted molar refractivity (Wildman–Crippen MR) is 138 cm³/mol. The molecule has 0 fully saturated rings. The summed E-state index contributed by atoms with van der Waals surface area (Å²) in [5.74, 6) is -0.225. The van der Waals surface area contributed by atoms with E-state index in [0.29, 0.717) is 22.6 Å². The Morgan fingerprint density at radius 2 is 1.83 bits per heavy atom. The van der Waals surface area contributed by atoms with Crippen molar-refractivity contribution in [2.75, 3.05) is 25.6 Å². The third-order valence-electron chi connectivity index (χ3n) is 5.54. The van der Waals surface area contributed by atoms with Gasteiger partial charge < -0.3 is 19.5 Å². The van der Waals surface area contributed by atoms with Crippen LogP contribution in [-0.2, 0) is 9.53 Å². The molecule has 0 unspecified atom stereocenters. The van der Waals surface area contributed by atoms with Gasteiger partial charge >= 0.3 is 5.97 Å². The van der Waals surface area contributed by atoms with E-state index in [1.165, 1.54) is 7.11 Å². The van der Waals surface area contributed by atoms with E-state index in [-0.39, 0.29) is 29.3 Å². The van der Waals surface area contributed by atoms with Crippen LogP contribution in [0.3, 0.4) is 0 Å². The molecule has 0 spiro atoms. The largest absolute Gasteiger partial charge is 0.493 e. The van der Waals surface area contributed by atoms with E-state index in [1.807, 2.05) is 26.0 Å². The van der Waals surface area contributed by atoms with E-state index in [2.05, 4.69) is 10.4 Å². The number of carbonyl (C=O) groups excluding carboxylic acids is 2. The molecular formula is C26H25N3O6S. The number of thiophene rings is 1.